The molecule has 0 saturated carbocycles. The monoisotopic (exact) mass is 162 g/mol. The molecule has 0 saturated heterocycles. The number of carbonyl (C=O) groups is 1. The van der Waals surface area contributed by atoms with Crippen LogP contribution in [0, 0.1) is 5.41 Å². The molecule has 0 N–H and O–H groups in total. The summed E-state index contributed by atoms with van der Waals surface area (Å²) in [6.45, 7) is 6.75. The van der Waals surface area contributed by atoms with Crippen molar-refractivity contribution in [2.24, 2.45) is 5.41 Å². The second-order valence-corrected chi connectivity index (χ2v) is 3.79. The fourth-order valence-electron chi connectivity index (χ4n) is 0.445. The molecule has 3 heteroatoms. The Kier molecular flexibility index (Phi) is 3.79. The second-order valence-electron chi connectivity index (χ2n) is 3.43. The highest BCUT2D eigenvalue weighted by molar-refractivity contribution is 7.96. The third-order valence-corrected chi connectivity index (χ3v) is 1.21. The Hall–Kier alpha value is -0.180. The summed E-state index contributed by atoms with van der Waals surface area (Å²) < 4.78 is 4.64. The molecule has 0 fully saturated rings. The molecule has 10 heavy (non-hydrogen) atoms. The van der Waals surface area contributed by atoms with Gasteiger partial charge < -0.3 is 4.74 Å². The Labute approximate surface area is 67.4 Å². The standard InChI is InChI=1S/C7H14O2S/c1-7(2,3)4-5-9-6(8)10/h4-5H2,1-3H3,(H,8,10). The molecule has 0 spiro atoms. The van der Waals surface area contributed by atoms with Crippen LogP contribution < -0.4 is 0 Å². The maximum Gasteiger partial charge on any atom is 0.364 e. The normalized spacial score (nSPS) is 11.2. The van der Waals surface area contributed by atoms with Crippen molar-refractivity contribution in [2.75, 3.05) is 6.61 Å². The van der Waals surface area contributed by atoms with E-state index in [-0.39, 0.29) is 5.41 Å². The van der Waals surface area contributed by atoms with E-state index in [0.717, 1.165) is 6.42 Å². The molecule has 0 amide bonds. The minimum atomic E-state index is -0.496. The highest BCUT2D eigenvalue weighted by atomic mass is 32.1. The lowest BCUT2D eigenvalue weighted by Crippen LogP contribution is -2.10. The summed E-state index contributed by atoms with van der Waals surface area (Å²) in [6, 6.07) is 0. The highest BCUT2D eigenvalue weighted by Gasteiger charge is 2.09. The van der Waals surface area contributed by atoms with Gasteiger partial charge in [0, 0.05) is 0 Å². The zero-order valence-electron chi connectivity index (χ0n) is 6.68. The van der Waals surface area contributed by atoms with Gasteiger partial charge in [-0.1, -0.05) is 33.4 Å². The van der Waals surface area contributed by atoms with E-state index in [1.54, 1.807) is 0 Å². The summed E-state index contributed by atoms with van der Waals surface area (Å²) in [6.07, 6.45) is 0.874. The highest BCUT2D eigenvalue weighted by Crippen LogP contribution is 2.17. The van der Waals surface area contributed by atoms with E-state index in [2.05, 4.69) is 38.1 Å². The Morgan fingerprint density at radius 3 is 2.30 bits per heavy atom. The SMILES string of the molecule is CC(C)(C)CCOC(=O)S. The molecular formula is C7H14O2S. The zero-order chi connectivity index (χ0) is 8.20. The van der Waals surface area contributed by atoms with Crippen LogP contribution in [0.2, 0.25) is 0 Å². The van der Waals surface area contributed by atoms with Crippen molar-refractivity contribution >= 4 is 17.9 Å². The average molecular weight is 162 g/mol. The van der Waals surface area contributed by atoms with E-state index in [1.807, 2.05) is 0 Å². The zero-order valence-corrected chi connectivity index (χ0v) is 7.57. The summed E-state index contributed by atoms with van der Waals surface area (Å²) in [4.78, 5) is 10.2. The van der Waals surface area contributed by atoms with Crippen molar-refractivity contribution in [3.63, 3.8) is 0 Å². The molecule has 0 rings (SSSR count). The first-order valence-electron chi connectivity index (χ1n) is 3.27. The maximum atomic E-state index is 10.2. The van der Waals surface area contributed by atoms with Crippen LogP contribution in [-0.2, 0) is 4.74 Å². The van der Waals surface area contributed by atoms with Gasteiger partial charge in [0.15, 0.2) is 0 Å². The van der Waals surface area contributed by atoms with Gasteiger partial charge >= 0.3 is 5.30 Å². The lowest BCUT2D eigenvalue weighted by atomic mass is 9.93. The minimum Gasteiger partial charge on any atom is -0.458 e. The minimum absolute atomic E-state index is 0.225. The number of ether oxygens (including phenoxy) is 1. The average Bonchev–Trinajstić information content (AvgIpc) is 1.59. The van der Waals surface area contributed by atoms with Crippen LogP contribution in [-0.4, -0.2) is 11.9 Å². The Bertz CT molecular complexity index is 115. The van der Waals surface area contributed by atoms with Crippen LogP contribution in [0.5, 0.6) is 0 Å². The number of carbonyl (C=O) groups excluding carboxylic acids is 1. The summed E-state index contributed by atoms with van der Waals surface area (Å²) in [7, 11) is 0. The summed E-state index contributed by atoms with van der Waals surface area (Å²) >= 11 is 3.47. The van der Waals surface area contributed by atoms with E-state index < -0.39 is 5.30 Å². The van der Waals surface area contributed by atoms with Gasteiger partial charge in [-0.15, -0.1) is 0 Å². The van der Waals surface area contributed by atoms with E-state index >= 15 is 0 Å². The van der Waals surface area contributed by atoms with Gasteiger partial charge in [-0.2, -0.15) is 0 Å². The topological polar surface area (TPSA) is 26.3 Å². The number of hydrogen-bond acceptors (Lipinski definition) is 2. The van der Waals surface area contributed by atoms with E-state index in [1.165, 1.54) is 0 Å². The van der Waals surface area contributed by atoms with Gasteiger partial charge in [-0.25, -0.2) is 4.79 Å². The van der Waals surface area contributed by atoms with Crippen molar-refractivity contribution in [1.29, 1.82) is 0 Å². The largest absolute Gasteiger partial charge is 0.458 e. The van der Waals surface area contributed by atoms with Crippen molar-refractivity contribution in [3.05, 3.63) is 0 Å². The summed E-state index contributed by atoms with van der Waals surface area (Å²) in [5.74, 6) is 0. The van der Waals surface area contributed by atoms with Crippen LogP contribution >= 0.6 is 12.6 Å². The molecule has 0 bridgehead atoms. The van der Waals surface area contributed by atoms with Gasteiger partial charge in [0.1, 0.15) is 0 Å². The summed E-state index contributed by atoms with van der Waals surface area (Å²) in [5, 5.41) is -0.496. The molecule has 0 aromatic rings. The van der Waals surface area contributed by atoms with Gasteiger partial charge in [0.05, 0.1) is 6.61 Å². The fourth-order valence-corrected chi connectivity index (χ4v) is 0.536. The Morgan fingerprint density at radius 1 is 1.50 bits per heavy atom. The van der Waals surface area contributed by atoms with Crippen molar-refractivity contribution in [1.82, 2.24) is 0 Å². The fraction of sp³-hybridized carbons (Fsp3) is 0.857. The first-order chi connectivity index (χ1) is 4.42. The molecule has 0 aliphatic carbocycles. The van der Waals surface area contributed by atoms with Gasteiger partial charge in [-0.05, 0) is 11.8 Å². The molecular weight excluding hydrogens is 148 g/mol. The molecule has 0 aliphatic heterocycles. The Morgan fingerprint density at radius 2 is 2.00 bits per heavy atom. The van der Waals surface area contributed by atoms with Crippen molar-refractivity contribution in [3.8, 4) is 0 Å². The van der Waals surface area contributed by atoms with Crippen LogP contribution in [0.4, 0.5) is 4.79 Å². The van der Waals surface area contributed by atoms with Crippen molar-refractivity contribution < 1.29 is 9.53 Å². The number of rotatable bonds is 2. The van der Waals surface area contributed by atoms with Crippen LogP contribution in [0.3, 0.4) is 0 Å². The predicted molar refractivity (Wildman–Crippen MR) is 44.4 cm³/mol. The third-order valence-electron chi connectivity index (χ3n) is 1.08. The van der Waals surface area contributed by atoms with Crippen molar-refractivity contribution in [2.45, 2.75) is 27.2 Å². The van der Waals surface area contributed by atoms with E-state index in [4.69, 9.17) is 0 Å². The van der Waals surface area contributed by atoms with E-state index in [0.29, 0.717) is 6.61 Å². The van der Waals surface area contributed by atoms with Crippen LogP contribution in [0.1, 0.15) is 27.2 Å². The molecule has 0 aromatic heterocycles. The molecule has 2 nitrogen and oxygen atoms in total. The molecule has 0 unspecified atom stereocenters. The molecule has 0 atom stereocenters. The van der Waals surface area contributed by atoms with Gasteiger partial charge in [0.25, 0.3) is 0 Å². The molecule has 0 aromatic carbocycles. The first-order valence-corrected chi connectivity index (χ1v) is 3.72. The molecule has 0 heterocycles. The third kappa shape index (κ3) is 7.82. The lowest BCUT2D eigenvalue weighted by Gasteiger charge is -2.16. The van der Waals surface area contributed by atoms with Crippen LogP contribution in [0.15, 0.2) is 0 Å². The maximum absolute atomic E-state index is 10.2. The number of thiol groups is 1. The smallest absolute Gasteiger partial charge is 0.364 e. The first kappa shape index (κ1) is 9.82. The second kappa shape index (κ2) is 3.86. The lowest BCUT2D eigenvalue weighted by molar-refractivity contribution is 0.157. The quantitative estimate of drug-likeness (QED) is 0.498. The van der Waals surface area contributed by atoms with Crippen LogP contribution in [0.25, 0.3) is 0 Å². The predicted octanol–water partition coefficient (Wildman–Crippen LogP) is 2.49. The summed E-state index contributed by atoms with van der Waals surface area (Å²) in [5.41, 5.74) is 0.225. The van der Waals surface area contributed by atoms with Gasteiger partial charge in [-0.3, -0.25) is 0 Å². The Balaban J connectivity index is 3.29. The number of hydrogen-bond donors (Lipinski definition) is 1. The molecule has 0 radical (unpaired) electrons. The molecule has 60 valence electrons. The molecule has 0 aliphatic rings. The van der Waals surface area contributed by atoms with E-state index in [9.17, 15) is 4.79 Å². The van der Waals surface area contributed by atoms with Gasteiger partial charge in [0.2, 0.25) is 0 Å².